The van der Waals surface area contributed by atoms with Gasteiger partial charge in [-0.3, -0.25) is 4.79 Å². The summed E-state index contributed by atoms with van der Waals surface area (Å²) in [5, 5.41) is 9.15. The number of hydrogen-bond acceptors (Lipinski definition) is 1. The first-order chi connectivity index (χ1) is 7.63. The number of fused-ring (bicyclic) bond motifs is 2. The lowest BCUT2D eigenvalue weighted by Gasteiger charge is -2.26. The summed E-state index contributed by atoms with van der Waals surface area (Å²) in [7, 11) is 0. The van der Waals surface area contributed by atoms with Crippen molar-refractivity contribution in [1.82, 2.24) is 0 Å². The highest BCUT2D eigenvalue weighted by atomic mass is 16.4. The lowest BCUT2D eigenvalue weighted by molar-refractivity contribution is -0.139. The van der Waals surface area contributed by atoms with Gasteiger partial charge in [-0.25, -0.2) is 0 Å². The summed E-state index contributed by atoms with van der Waals surface area (Å²) in [6.07, 6.45) is 4.16. The van der Waals surface area contributed by atoms with Crippen LogP contribution in [0.1, 0.15) is 36.0 Å². The quantitative estimate of drug-likeness (QED) is 0.783. The van der Waals surface area contributed by atoms with Crippen molar-refractivity contribution in [2.45, 2.75) is 38.0 Å². The van der Waals surface area contributed by atoms with Crippen molar-refractivity contribution in [3.63, 3.8) is 0 Å². The molecule has 2 atom stereocenters. The molecular formula is C14H16O2. The third-order valence-electron chi connectivity index (χ3n) is 4.24. The zero-order valence-corrected chi connectivity index (χ0v) is 9.49. The van der Waals surface area contributed by atoms with Gasteiger partial charge in [0.15, 0.2) is 0 Å². The average Bonchev–Trinajstić information content (AvgIpc) is 2.93. The van der Waals surface area contributed by atoms with E-state index < -0.39 is 5.97 Å². The second-order valence-electron chi connectivity index (χ2n) is 5.27. The van der Waals surface area contributed by atoms with E-state index >= 15 is 0 Å². The topological polar surface area (TPSA) is 37.3 Å². The Hall–Kier alpha value is -1.31. The van der Waals surface area contributed by atoms with Gasteiger partial charge in [0.25, 0.3) is 0 Å². The van der Waals surface area contributed by atoms with E-state index in [2.05, 4.69) is 25.1 Å². The van der Waals surface area contributed by atoms with Crippen LogP contribution in [0.2, 0.25) is 0 Å². The van der Waals surface area contributed by atoms with Crippen molar-refractivity contribution >= 4 is 5.97 Å². The Bertz CT molecular complexity index is 464. The van der Waals surface area contributed by atoms with E-state index in [9.17, 15) is 4.79 Å². The summed E-state index contributed by atoms with van der Waals surface area (Å²) in [5.41, 5.74) is 3.97. The second-order valence-corrected chi connectivity index (χ2v) is 5.27. The first kappa shape index (κ1) is 9.88. The summed E-state index contributed by atoms with van der Waals surface area (Å²) >= 11 is 0. The summed E-state index contributed by atoms with van der Waals surface area (Å²) in [6.45, 7) is 2.10. The second kappa shape index (κ2) is 3.09. The minimum Gasteiger partial charge on any atom is -0.481 e. The van der Waals surface area contributed by atoms with E-state index in [1.807, 2.05) is 0 Å². The molecule has 2 aliphatic carbocycles. The molecule has 0 heterocycles. The maximum Gasteiger partial charge on any atom is 0.307 e. The minimum atomic E-state index is -0.617. The number of carboxylic acid groups (broad SMARTS) is 1. The molecule has 2 aliphatic rings. The number of hydrogen-bond donors (Lipinski definition) is 1. The first-order valence-electron chi connectivity index (χ1n) is 5.96. The van der Waals surface area contributed by atoms with Crippen molar-refractivity contribution < 1.29 is 9.90 Å². The Kier molecular flexibility index (Phi) is 1.91. The van der Waals surface area contributed by atoms with E-state index in [4.69, 9.17) is 5.11 Å². The first-order valence-corrected chi connectivity index (χ1v) is 5.96. The Balaban J connectivity index is 2.05. The lowest BCUT2D eigenvalue weighted by atomic mass is 9.78. The molecule has 2 nitrogen and oxygen atoms in total. The molecule has 2 unspecified atom stereocenters. The molecule has 0 radical (unpaired) electrons. The van der Waals surface area contributed by atoms with E-state index in [1.165, 1.54) is 16.7 Å². The lowest BCUT2D eigenvalue weighted by Crippen LogP contribution is -2.21. The van der Waals surface area contributed by atoms with Gasteiger partial charge in [-0.05, 0) is 43.7 Å². The normalized spacial score (nSPS) is 31.2. The molecule has 16 heavy (non-hydrogen) atoms. The van der Waals surface area contributed by atoms with Gasteiger partial charge in [0.2, 0.25) is 0 Å². The van der Waals surface area contributed by atoms with Gasteiger partial charge in [-0.2, -0.15) is 0 Å². The van der Waals surface area contributed by atoms with Gasteiger partial charge in [-0.15, -0.1) is 0 Å². The molecule has 1 saturated carbocycles. The van der Waals surface area contributed by atoms with Crippen LogP contribution in [0.4, 0.5) is 0 Å². The zero-order valence-electron chi connectivity index (χ0n) is 9.49. The maximum absolute atomic E-state index is 11.1. The molecule has 0 aliphatic heterocycles. The smallest absolute Gasteiger partial charge is 0.307 e. The minimum absolute atomic E-state index is 0.00683. The fraction of sp³-hybridized carbons (Fsp3) is 0.500. The summed E-state index contributed by atoms with van der Waals surface area (Å²) < 4.78 is 0. The van der Waals surface area contributed by atoms with E-state index in [-0.39, 0.29) is 11.3 Å². The summed E-state index contributed by atoms with van der Waals surface area (Å²) in [5.74, 6) is -0.748. The van der Waals surface area contributed by atoms with E-state index in [0.29, 0.717) is 0 Å². The predicted octanol–water partition coefficient (Wildman–Crippen LogP) is 2.67. The standard InChI is InChI=1S/C14H16O2/c1-9-4-5-11-10(7-9)3-2-6-14(11)8-12(14)13(15)16/h4-5,7,12H,2-3,6,8H2,1H3,(H,15,16). The molecule has 1 fully saturated rings. The number of aryl methyl sites for hydroxylation is 2. The third-order valence-corrected chi connectivity index (χ3v) is 4.24. The monoisotopic (exact) mass is 216 g/mol. The fourth-order valence-corrected chi connectivity index (χ4v) is 3.35. The van der Waals surface area contributed by atoms with Crippen LogP contribution in [0.5, 0.6) is 0 Å². The molecule has 0 amide bonds. The highest BCUT2D eigenvalue weighted by Crippen LogP contribution is 2.60. The van der Waals surface area contributed by atoms with Gasteiger partial charge in [0.1, 0.15) is 0 Å². The molecule has 1 aromatic rings. The van der Waals surface area contributed by atoms with Gasteiger partial charge in [0, 0.05) is 5.41 Å². The zero-order chi connectivity index (χ0) is 11.3. The highest BCUT2D eigenvalue weighted by molar-refractivity contribution is 5.77. The van der Waals surface area contributed by atoms with E-state index in [1.54, 1.807) is 0 Å². The third kappa shape index (κ3) is 1.22. The fourth-order valence-electron chi connectivity index (χ4n) is 3.35. The number of benzene rings is 1. The van der Waals surface area contributed by atoms with E-state index in [0.717, 1.165) is 25.7 Å². The Morgan fingerprint density at radius 1 is 1.50 bits per heavy atom. The Labute approximate surface area is 95.3 Å². The van der Waals surface area contributed by atoms with Crippen LogP contribution >= 0.6 is 0 Å². The Morgan fingerprint density at radius 2 is 2.31 bits per heavy atom. The van der Waals surface area contributed by atoms with Crippen LogP contribution in [0, 0.1) is 12.8 Å². The molecule has 1 spiro atoms. The van der Waals surface area contributed by atoms with Gasteiger partial charge < -0.3 is 5.11 Å². The van der Waals surface area contributed by atoms with Crippen LogP contribution in [0.3, 0.4) is 0 Å². The van der Waals surface area contributed by atoms with Crippen molar-refractivity contribution in [2.24, 2.45) is 5.92 Å². The van der Waals surface area contributed by atoms with Gasteiger partial charge in [-0.1, -0.05) is 23.8 Å². The van der Waals surface area contributed by atoms with Crippen LogP contribution < -0.4 is 0 Å². The molecule has 2 heteroatoms. The highest BCUT2D eigenvalue weighted by Gasteiger charge is 2.60. The van der Waals surface area contributed by atoms with Crippen molar-refractivity contribution in [1.29, 1.82) is 0 Å². The number of carboxylic acids is 1. The predicted molar refractivity (Wildman–Crippen MR) is 61.5 cm³/mol. The molecule has 0 bridgehead atoms. The number of aliphatic carboxylic acids is 1. The van der Waals surface area contributed by atoms with Crippen LogP contribution in [0.15, 0.2) is 18.2 Å². The summed E-state index contributed by atoms with van der Waals surface area (Å²) in [6, 6.07) is 6.50. The molecule has 1 N–H and O–H groups in total. The Morgan fingerprint density at radius 3 is 3.00 bits per heavy atom. The molecule has 0 aromatic heterocycles. The molecule has 84 valence electrons. The number of rotatable bonds is 1. The number of carbonyl (C=O) groups is 1. The van der Waals surface area contributed by atoms with Gasteiger partial charge >= 0.3 is 5.97 Å². The average molecular weight is 216 g/mol. The van der Waals surface area contributed by atoms with Crippen molar-refractivity contribution in [3.8, 4) is 0 Å². The van der Waals surface area contributed by atoms with Gasteiger partial charge in [0.05, 0.1) is 5.92 Å². The molecule has 1 aromatic carbocycles. The molecule has 3 rings (SSSR count). The van der Waals surface area contributed by atoms with Crippen LogP contribution in [-0.4, -0.2) is 11.1 Å². The summed E-state index contributed by atoms with van der Waals surface area (Å²) in [4.78, 5) is 11.1. The molecular weight excluding hydrogens is 200 g/mol. The van der Waals surface area contributed by atoms with Crippen LogP contribution in [-0.2, 0) is 16.6 Å². The van der Waals surface area contributed by atoms with Crippen LogP contribution in [0.25, 0.3) is 0 Å². The van der Waals surface area contributed by atoms with Crippen molar-refractivity contribution in [2.75, 3.05) is 0 Å². The largest absolute Gasteiger partial charge is 0.481 e. The molecule has 0 saturated heterocycles. The maximum atomic E-state index is 11.1. The SMILES string of the molecule is Cc1ccc2c(c1)CCCC21CC1C(=O)O. The van der Waals surface area contributed by atoms with Crippen molar-refractivity contribution in [3.05, 3.63) is 34.9 Å².